The molecule has 0 aliphatic heterocycles. The number of ether oxygens (including phenoxy) is 1. The number of thiophene rings is 1. The summed E-state index contributed by atoms with van der Waals surface area (Å²) < 4.78 is 13.1. The average molecular weight is 628 g/mol. The van der Waals surface area contributed by atoms with Crippen molar-refractivity contribution in [2.45, 2.75) is 38.8 Å². The molecule has 0 bridgehead atoms. The van der Waals surface area contributed by atoms with Gasteiger partial charge in [-0.15, -0.1) is 11.3 Å². The molecular weight excluding hydrogens is 604 g/mol. The van der Waals surface area contributed by atoms with E-state index < -0.39 is 0 Å². The summed E-state index contributed by atoms with van der Waals surface area (Å²) in [6.07, 6.45) is 7.56. The van der Waals surface area contributed by atoms with Crippen LogP contribution in [0.4, 0.5) is 5.00 Å². The summed E-state index contributed by atoms with van der Waals surface area (Å²) in [4.78, 5) is 19.2. The van der Waals surface area contributed by atoms with E-state index in [-0.39, 0.29) is 5.91 Å². The van der Waals surface area contributed by atoms with Crippen molar-refractivity contribution in [2.75, 3.05) is 0 Å². The van der Waals surface area contributed by atoms with E-state index in [1.165, 1.54) is 4.88 Å². The normalized spacial score (nSPS) is 13.1. The lowest BCUT2D eigenvalue weighted by Crippen LogP contribution is -2.23. The van der Waals surface area contributed by atoms with Crippen LogP contribution in [0.25, 0.3) is 0 Å². The second-order valence-corrected chi connectivity index (χ2v) is 11.3. The fraction of sp³-hybridized carbons (Fsp3) is 0.214. The monoisotopic (exact) mass is 626 g/mol. The topological polar surface area (TPSA) is 63.8 Å². The number of aliphatic imine (C=N–C) groups is 1. The van der Waals surface area contributed by atoms with E-state index in [4.69, 9.17) is 14.1 Å². The van der Waals surface area contributed by atoms with Gasteiger partial charge in [-0.2, -0.15) is 0 Å². The fourth-order valence-corrected chi connectivity index (χ4v) is 6.88. The van der Waals surface area contributed by atoms with Crippen LogP contribution in [0.3, 0.4) is 0 Å². The molecule has 0 unspecified atom stereocenters. The zero-order chi connectivity index (χ0) is 24.9. The number of halogens is 2. The molecule has 8 heteroatoms. The molecule has 2 aromatic carbocycles. The van der Waals surface area contributed by atoms with Gasteiger partial charge >= 0.3 is 0 Å². The number of carbonyl (C=O) groups excluding carboxylic acids is 1. The van der Waals surface area contributed by atoms with Crippen LogP contribution in [-0.4, -0.2) is 12.1 Å². The van der Waals surface area contributed by atoms with Gasteiger partial charge in [0.15, 0.2) is 0 Å². The first kappa shape index (κ1) is 25.0. The molecule has 1 aliphatic rings. The summed E-state index contributed by atoms with van der Waals surface area (Å²) in [5.74, 6) is 1.35. The van der Waals surface area contributed by atoms with Gasteiger partial charge < -0.3 is 14.5 Å². The maximum absolute atomic E-state index is 13.2. The molecule has 0 radical (unpaired) electrons. The zero-order valence-electron chi connectivity index (χ0n) is 19.4. The number of fused-ring (bicyclic) bond motifs is 1. The first-order valence-electron chi connectivity index (χ1n) is 11.7. The second-order valence-electron chi connectivity index (χ2n) is 8.50. The summed E-state index contributed by atoms with van der Waals surface area (Å²) in [6, 6.07) is 17.7. The fourth-order valence-electron chi connectivity index (χ4n) is 4.20. The molecule has 1 aliphatic carbocycles. The highest BCUT2D eigenvalue weighted by atomic mass is 79.9. The average Bonchev–Trinajstić information content (AvgIpc) is 3.54. The van der Waals surface area contributed by atoms with Gasteiger partial charge in [0, 0.05) is 11.1 Å². The third kappa shape index (κ3) is 5.82. The van der Waals surface area contributed by atoms with E-state index >= 15 is 0 Å². The lowest BCUT2D eigenvalue weighted by Gasteiger charge is -2.12. The minimum Gasteiger partial charge on any atom is -0.487 e. The SMILES string of the molecule is O=C(NCc1ccco1)c1c(N=Cc2cc(Br)c(OCc3ccccc3)c(Br)c2)sc2c1CCCC2. The number of furan rings is 1. The first-order valence-corrected chi connectivity index (χ1v) is 14.1. The largest absolute Gasteiger partial charge is 0.487 e. The van der Waals surface area contributed by atoms with Gasteiger partial charge in [-0.3, -0.25) is 4.79 Å². The number of nitrogens with zero attached hydrogens (tertiary/aromatic N) is 1. The zero-order valence-corrected chi connectivity index (χ0v) is 23.4. The smallest absolute Gasteiger partial charge is 0.255 e. The number of hydrogen-bond acceptors (Lipinski definition) is 5. The molecule has 1 N–H and O–H groups in total. The van der Waals surface area contributed by atoms with Crippen LogP contribution in [-0.2, 0) is 26.0 Å². The molecular formula is C28H24Br2N2O3S. The van der Waals surface area contributed by atoms with Crippen LogP contribution in [0, 0.1) is 0 Å². The number of rotatable bonds is 8. The third-order valence-electron chi connectivity index (χ3n) is 5.96. The van der Waals surface area contributed by atoms with E-state index in [0.717, 1.165) is 67.8 Å². The quantitative estimate of drug-likeness (QED) is 0.201. The third-order valence-corrected chi connectivity index (χ3v) is 8.34. The van der Waals surface area contributed by atoms with Crippen molar-refractivity contribution < 1.29 is 13.9 Å². The van der Waals surface area contributed by atoms with Crippen LogP contribution < -0.4 is 10.1 Å². The molecule has 2 heterocycles. The van der Waals surface area contributed by atoms with Crippen LogP contribution in [0.15, 0.2) is 79.2 Å². The summed E-state index contributed by atoms with van der Waals surface area (Å²) in [6.45, 7) is 0.826. The second kappa shape index (κ2) is 11.6. The molecule has 36 heavy (non-hydrogen) atoms. The molecule has 0 saturated carbocycles. The van der Waals surface area contributed by atoms with E-state index in [9.17, 15) is 4.79 Å². The van der Waals surface area contributed by atoms with Crippen LogP contribution in [0.5, 0.6) is 5.75 Å². The standard InChI is InChI=1S/C28H24Br2N2O3S/c29-22-13-19(14-23(30)26(22)35-17-18-7-2-1-3-8-18)15-32-28-25(21-10-4-5-11-24(21)36-28)27(33)31-16-20-9-6-12-34-20/h1-3,6-9,12-15H,4-5,10-11,16-17H2,(H,31,33). The number of benzene rings is 2. The van der Waals surface area contributed by atoms with E-state index in [1.807, 2.05) is 54.6 Å². The summed E-state index contributed by atoms with van der Waals surface area (Å²) in [5.41, 5.74) is 3.83. The van der Waals surface area contributed by atoms with Crippen molar-refractivity contribution in [3.8, 4) is 5.75 Å². The van der Waals surface area contributed by atoms with Crippen molar-refractivity contribution in [3.63, 3.8) is 0 Å². The maximum atomic E-state index is 13.2. The maximum Gasteiger partial charge on any atom is 0.255 e. The van der Waals surface area contributed by atoms with Gasteiger partial charge in [-0.25, -0.2) is 4.99 Å². The van der Waals surface area contributed by atoms with Gasteiger partial charge in [-0.05, 0) is 98.5 Å². The van der Waals surface area contributed by atoms with Gasteiger partial charge in [0.2, 0.25) is 0 Å². The van der Waals surface area contributed by atoms with Crippen LogP contribution >= 0.6 is 43.2 Å². The van der Waals surface area contributed by atoms with Gasteiger partial charge in [0.05, 0.1) is 27.3 Å². The molecule has 184 valence electrons. The van der Waals surface area contributed by atoms with Gasteiger partial charge in [-0.1, -0.05) is 30.3 Å². The highest BCUT2D eigenvalue weighted by Gasteiger charge is 2.25. The van der Waals surface area contributed by atoms with Gasteiger partial charge in [0.1, 0.15) is 23.1 Å². The molecule has 1 amide bonds. The molecule has 0 saturated heterocycles. The Kier molecular flexibility index (Phi) is 8.04. The Morgan fingerprint density at radius 2 is 1.86 bits per heavy atom. The molecule has 4 aromatic rings. The van der Waals surface area contributed by atoms with Crippen molar-refractivity contribution in [1.29, 1.82) is 0 Å². The van der Waals surface area contributed by atoms with Crippen molar-refractivity contribution in [3.05, 3.63) is 103 Å². The Morgan fingerprint density at radius 1 is 1.08 bits per heavy atom. The Balaban J connectivity index is 1.36. The Bertz CT molecular complexity index is 1360. The highest BCUT2D eigenvalue weighted by Crippen LogP contribution is 2.40. The molecule has 0 fully saturated rings. The lowest BCUT2D eigenvalue weighted by atomic mass is 9.95. The molecule has 0 spiro atoms. The van der Waals surface area contributed by atoms with Crippen molar-refractivity contribution in [1.82, 2.24) is 5.32 Å². The van der Waals surface area contributed by atoms with Crippen molar-refractivity contribution >= 4 is 60.3 Å². The predicted octanol–water partition coefficient (Wildman–Crippen LogP) is 8.00. The number of amides is 1. The van der Waals surface area contributed by atoms with Gasteiger partial charge in [0.25, 0.3) is 5.91 Å². The first-order chi connectivity index (χ1) is 17.6. The minimum absolute atomic E-state index is 0.107. The lowest BCUT2D eigenvalue weighted by molar-refractivity contribution is 0.0948. The molecule has 2 aromatic heterocycles. The predicted molar refractivity (Wildman–Crippen MR) is 151 cm³/mol. The number of nitrogens with one attached hydrogen (secondary N) is 1. The Hall–Kier alpha value is -2.68. The van der Waals surface area contributed by atoms with Crippen molar-refractivity contribution in [2.24, 2.45) is 4.99 Å². The summed E-state index contributed by atoms with van der Waals surface area (Å²) in [5, 5.41) is 3.74. The van der Waals surface area contributed by atoms with E-state index in [1.54, 1.807) is 23.8 Å². The molecule has 0 atom stereocenters. The summed E-state index contributed by atoms with van der Waals surface area (Å²) >= 11 is 8.89. The van der Waals surface area contributed by atoms with Crippen LogP contribution in [0.1, 0.15) is 50.5 Å². The Labute approximate surface area is 230 Å². The summed E-state index contributed by atoms with van der Waals surface area (Å²) in [7, 11) is 0. The van der Waals surface area contributed by atoms with E-state index in [2.05, 4.69) is 37.2 Å². The molecule has 5 rings (SSSR count). The Morgan fingerprint density at radius 3 is 2.61 bits per heavy atom. The number of carbonyl (C=O) groups is 1. The molecule has 5 nitrogen and oxygen atoms in total. The van der Waals surface area contributed by atoms with E-state index in [0.29, 0.717) is 18.7 Å². The number of hydrogen-bond donors (Lipinski definition) is 1. The minimum atomic E-state index is -0.107. The van der Waals surface area contributed by atoms with Crippen LogP contribution in [0.2, 0.25) is 0 Å². The highest BCUT2D eigenvalue weighted by molar-refractivity contribution is 9.11. The number of aryl methyl sites for hydroxylation is 1.